The monoisotopic (exact) mass is 526 g/mol. The molecule has 4 heterocycles. The van der Waals surface area contributed by atoms with Gasteiger partial charge in [-0.15, -0.1) is 11.3 Å². The number of nitrogens with one attached hydrogen (secondary N) is 1. The Morgan fingerprint density at radius 2 is 2.06 bits per heavy atom. The van der Waals surface area contributed by atoms with Gasteiger partial charge in [0.2, 0.25) is 21.8 Å². The van der Waals surface area contributed by atoms with E-state index in [0.717, 1.165) is 10.4 Å². The Balaban J connectivity index is 1.44. The normalized spacial score (nSPS) is 20.0. The molecule has 184 valence electrons. The van der Waals surface area contributed by atoms with Gasteiger partial charge in [0.25, 0.3) is 0 Å². The summed E-state index contributed by atoms with van der Waals surface area (Å²) in [6.45, 7) is 2.14. The predicted octanol–water partition coefficient (Wildman–Crippen LogP) is 1.33. The molecule has 0 saturated carbocycles. The average Bonchev–Trinajstić information content (AvgIpc) is 3.42. The third-order valence-electron chi connectivity index (χ3n) is 5.94. The smallest absolute Gasteiger partial charge is 0.245 e. The third kappa shape index (κ3) is 6.33. The van der Waals surface area contributed by atoms with Crippen molar-refractivity contribution in [3.05, 3.63) is 51.4 Å². The number of halogens is 1. The quantitative estimate of drug-likeness (QED) is 0.528. The van der Waals surface area contributed by atoms with Crippen LogP contribution in [-0.2, 0) is 37.2 Å². The fourth-order valence-corrected chi connectivity index (χ4v) is 6.66. The molecule has 0 unspecified atom stereocenters. The van der Waals surface area contributed by atoms with E-state index in [-0.39, 0.29) is 17.6 Å². The molecule has 0 spiro atoms. The minimum Gasteiger partial charge on any atom is -0.378 e. The molecule has 9 nitrogen and oxygen atoms in total. The lowest BCUT2D eigenvalue weighted by Crippen LogP contribution is -2.54. The number of amides is 2. The van der Waals surface area contributed by atoms with Crippen LogP contribution < -0.4 is 4.72 Å². The summed E-state index contributed by atoms with van der Waals surface area (Å²) < 4.78 is 33.8. The highest BCUT2D eigenvalue weighted by atomic mass is 35.5. The van der Waals surface area contributed by atoms with E-state index in [4.69, 9.17) is 16.3 Å². The average molecular weight is 527 g/mol. The predicted molar refractivity (Wildman–Crippen MR) is 129 cm³/mol. The standard InChI is InChI=1S/C22H27ClN4O5S2/c23-20-4-3-17(33-20)6-13-34(30,31)25-18-5-8-27(21(18)28)19(14-16-2-1-7-24-15-16)22(29)26-9-11-32-12-10-26/h1-4,7,15,18-19,25H,5-6,8-14H2/t18-,19-/m0/s1. The first kappa shape index (κ1) is 25.1. The van der Waals surface area contributed by atoms with E-state index in [2.05, 4.69) is 9.71 Å². The van der Waals surface area contributed by atoms with Crippen molar-refractivity contribution in [2.24, 2.45) is 0 Å². The number of nitrogens with zero attached hydrogens (tertiary/aromatic N) is 3. The molecule has 12 heteroatoms. The Morgan fingerprint density at radius 3 is 2.74 bits per heavy atom. The molecule has 0 bridgehead atoms. The molecule has 2 fully saturated rings. The number of aromatic nitrogens is 1. The Labute approximate surface area is 208 Å². The van der Waals surface area contributed by atoms with Crippen LogP contribution in [0, 0.1) is 0 Å². The molecule has 2 aliphatic rings. The van der Waals surface area contributed by atoms with Crippen LogP contribution in [0.1, 0.15) is 16.9 Å². The minimum atomic E-state index is -3.69. The molecule has 0 radical (unpaired) electrons. The van der Waals surface area contributed by atoms with E-state index in [1.165, 1.54) is 16.2 Å². The number of ether oxygens (including phenoxy) is 1. The van der Waals surface area contributed by atoms with Crippen molar-refractivity contribution >= 4 is 44.8 Å². The van der Waals surface area contributed by atoms with Crippen molar-refractivity contribution in [1.29, 1.82) is 0 Å². The molecule has 2 aliphatic heterocycles. The first-order chi connectivity index (χ1) is 16.3. The number of hydrogen-bond acceptors (Lipinski definition) is 7. The maximum Gasteiger partial charge on any atom is 0.245 e. The second-order valence-electron chi connectivity index (χ2n) is 8.28. The number of thiophene rings is 1. The number of sulfonamides is 1. The summed E-state index contributed by atoms with van der Waals surface area (Å²) in [6, 6.07) is 5.57. The molecular formula is C22H27ClN4O5S2. The first-order valence-electron chi connectivity index (χ1n) is 11.1. The SMILES string of the molecule is O=C([C@H](Cc1cccnc1)N1CC[C@H](NS(=O)(=O)CCc2ccc(Cl)s2)C1=O)N1CCOCC1. The molecule has 4 rings (SSSR count). The second kappa shape index (κ2) is 11.1. The first-order valence-corrected chi connectivity index (χ1v) is 14.0. The molecule has 0 aliphatic carbocycles. The molecular weight excluding hydrogens is 500 g/mol. The van der Waals surface area contributed by atoms with Gasteiger partial charge in [0.05, 0.1) is 23.3 Å². The fourth-order valence-electron chi connectivity index (χ4n) is 4.18. The van der Waals surface area contributed by atoms with Gasteiger partial charge in [-0.05, 0) is 36.6 Å². The van der Waals surface area contributed by atoms with Crippen molar-refractivity contribution < 1.29 is 22.7 Å². The van der Waals surface area contributed by atoms with Crippen molar-refractivity contribution in [3.8, 4) is 0 Å². The summed E-state index contributed by atoms with van der Waals surface area (Å²) >= 11 is 7.25. The summed E-state index contributed by atoms with van der Waals surface area (Å²) in [5, 5.41) is 0. The minimum absolute atomic E-state index is 0.139. The maximum atomic E-state index is 13.4. The van der Waals surface area contributed by atoms with Crippen LogP contribution in [0.15, 0.2) is 36.7 Å². The van der Waals surface area contributed by atoms with Gasteiger partial charge in [-0.2, -0.15) is 0 Å². The van der Waals surface area contributed by atoms with Gasteiger partial charge in [-0.1, -0.05) is 17.7 Å². The van der Waals surface area contributed by atoms with Gasteiger partial charge in [-0.3, -0.25) is 14.6 Å². The zero-order chi connectivity index (χ0) is 24.1. The molecule has 34 heavy (non-hydrogen) atoms. The van der Waals surface area contributed by atoms with Crippen LogP contribution in [0.4, 0.5) is 0 Å². The van der Waals surface area contributed by atoms with Crippen LogP contribution in [0.2, 0.25) is 4.34 Å². The van der Waals surface area contributed by atoms with Crippen LogP contribution in [0.5, 0.6) is 0 Å². The highest BCUT2D eigenvalue weighted by Crippen LogP contribution is 2.23. The largest absolute Gasteiger partial charge is 0.378 e. The Kier molecular flexibility index (Phi) is 8.20. The van der Waals surface area contributed by atoms with Gasteiger partial charge in [0.15, 0.2) is 0 Å². The van der Waals surface area contributed by atoms with Crippen molar-refractivity contribution in [2.45, 2.75) is 31.3 Å². The summed E-state index contributed by atoms with van der Waals surface area (Å²) in [6.07, 6.45) is 4.27. The molecule has 1 N–H and O–H groups in total. The molecule has 0 aromatic carbocycles. The number of hydrogen-bond donors (Lipinski definition) is 1. The number of carbonyl (C=O) groups excluding carboxylic acids is 2. The van der Waals surface area contributed by atoms with Crippen LogP contribution >= 0.6 is 22.9 Å². The van der Waals surface area contributed by atoms with E-state index in [1.807, 2.05) is 6.07 Å². The van der Waals surface area contributed by atoms with E-state index in [1.54, 1.807) is 35.5 Å². The zero-order valence-electron chi connectivity index (χ0n) is 18.6. The van der Waals surface area contributed by atoms with E-state index in [9.17, 15) is 18.0 Å². The van der Waals surface area contributed by atoms with E-state index >= 15 is 0 Å². The topological polar surface area (TPSA) is 109 Å². The lowest BCUT2D eigenvalue weighted by atomic mass is 10.0. The van der Waals surface area contributed by atoms with E-state index in [0.29, 0.717) is 56.4 Å². The molecule has 2 atom stereocenters. The number of rotatable bonds is 9. The van der Waals surface area contributed by atoms with Gasteiger partial charge in [-0.25, -0.2) is 13.1 Å². The Bertz CT molecular complexity index is 1110. The lowest BCUT2D eigenvalue weighted by Gasteiger charge is -2.34. The van der Waals surface area contributed by atoms with Gasteiger partial charge >= 0.3 is 0 Å². The molecule has 2 aromatic rings. The fraction of sp³-hybridized carbons (Fsp3) is 0.500. The highest BCUT2D eigenvalue weighted by Gasteiger charge is 2.41. The highest BCUT2D eigenvalue weighted by molar-refractivity contribution is 7.89. The summed E-state index contributed by atoms with van der Waals surface area (Å²) in [7, 11) is -3.69. The summed E-state index contributed by atoms with van der Waals surface area (Å²) in [4.78, 5) is 34.9. The molecule has 2 aromatic heterocycles. The van der Waals surface area contributed by atoms with Crippen molar-refractivity contribution in [1.82, 2.24) is 19.5 Å². The van der Waals surface area contributed by atoms with Crippen LogP contribution in [0.3, 0.4) is 0 Å². The van der Waals surface area contributed by atoms with Crippen molar-refractivity contribution in [3.63, 3.8) is 0 Å². The maximum absolute atomic E-state index is 13.4. The number of aryl methyl sites for hydroxylation is 1. The summed E-state index contributed by atoms with van der Waals surface area (Å²) in [5.41, 5.74) is 0.834. The zero-order valence-corrected chi connectivity index (χ0v) is 20.9. The Hall–Kier alpha value is -2.05. The van der Waals surface area contributed by atoms with Crippen molar-refractivity contribution in [2.75, 3.05) is 38.6 Å². The number of pyridine rings is 1. The number of morpholine rings is 1. The lowest BCUT2D eigenvalue weighted by molar-refractivity contribution is -0.146. The third-order valence-corrected chi connectivity index (χ3v) is 8.62. The van der Waals surface area contributed by atoms with E-state index < -0.39 is 22.1 Å². The Morgan fingerprint density at radius 1 is 1.26 bits per heavy atom. The second-order valence-corrected chi connectivity index (χ2v) is 12.0. The number of carbonyl (C=O) groups is 2. The summed E-state index contributed by atoms with van der Waals surface area (Å²) in [5.74, 6) is -0.670. The number of likely N-dealkylation sites (tertiary alicyclic amines) is 1. The van der Waals surface area contributed by atoms with Gasteiger partial charge in [0.1, 0.15) is 12.1 Å². The van der Waals surface area contributed by atoms with Crippen LogP contribution in [0.25, 0.3) is 0 Å². The van der Waals surface area contributed by atoms with Gasteiger partial charge in [0, 0.05) is 43.3 Å². The van der Waals surface area contributed by atoms with Crippen LogP contribution in [-0.4, -0.2) is 85.7 Å². The van der Waals surface area contributed by atoms with Gasteiger partial charge < -0.3 is 14.5 Å². The molecule has 2 amide bonds. The molecule has 2 saturated heterocycles.